The fourth-order valence-corrected chi connectivity index (χ4v) is 5.22. The summed E-state index contributed by atoms with van der Waals surface area (Å²) in [5, 5.41) is 3.29. The summed E-state index contributed by atoms with van der Waals surface area (Å²) in [6, 6.07) is 16.9. The van der Waals surface area contributed by atoms with Crippen LogP contribution < -0.4 is 19.7 Å². The molecule has 0 aromatic heterocycles. The minimum absolute atomic E-state index is 0.120. The molecule has 2 aliphatic heterocycles. The van der Waals surface area contributed by atoms with E-state index in [0.29, 0.717) is 6.54 Å². The minimum Gasteiger partial charge on any atom is -0.454 e. The fourth-order valence-electron chi connectivity index (χ4n) is 5.22. The molecule has 0 bridgehead atoms. The molecule has 1 saturated carbocycles. The van der Waals surface area contributed by atoms with Crippen LogP contribution in [0.4, 0.5) is 5.69 Å². The van der Waals surface area contributed by atoms with Gasteiger partial charge < -0.3 is 19.7 Å². The molecule has 2 aromatic rings. The maximum Gasteiger partial charge on any atom is 0.231 e. The summed E-state index contributed by atoms with van der Waals surface area (Å²) in [5.74, 6) is 2.00. The third kappa shape index (κ3) is 4.70. The van der Waals surface area contributed by atoms with E-state index in [2.05, 4.69) is 57.6 Å². The lowest BCUT2D eigenvalue weighted by atomic mass is 9.88. The number of rotatable bonds is 6. The van der Waals surface area contributed by atoms with Gasteiger partial charge in [-0.2, -0.15) is 0 Å². The highest BCUT2D eigenvalue weighted by molar-refractivity contribution is 5.78. The van der Waals surface area contributed by atoms with E-state index in [4.69, 9.17) is 9.47 Å². The van der Waals surface area contributed by atoms with E-state index in [1.807, 2.05) is 6.07 Å². The lowest BCUT2D eigenvalue weighted by Gasteiger charge is -2.40. The first-order chi connectivity index (χ1) is 15.8. The monoisotopic (exact) mass is 435 g/mol. The lowest BCUT2D eigenvalue weighted by molar-refractivity contribution is -0.126. The van der Waals surface area contributed by atoms with Crippen LogP contribution in [0.15, 0.2) is 48.5 Å². The number of benzene rings is 2. The summed E-state index contributed by atoms with van der Waals surface area (Å²) in [6.45, 7) is 4.75. The zero-order valence-electron chi connectivity index (χ0n) is 18.7. The quantitative estimate of drug-likeness (QED) is 0.744. The number of carbonyl (C=O) groups excluding carboxylic acids is 1. The van der Waals surface area contributed by atoms with Crippen molar-refractivity contribution in [3.63, 3.8) is 0 Å². The number of hydrogen-bond donors (Lipinski definition) is 1. The van der Waals surface area contributed by atoms with E-state index in [-0.39, 0.29) is 24.7 Å². The van der Waals surface area contributed by atoms with Gasteiger partial charge in [0.05, 0.1) is 6.04 Å². The summed E-state index contributed by atoms with van der Waals surface area (Å²) in [6.07, 6.45) is 5.65. The molecule has 6 nitrogen and oxygen atoms in total. The molecule has 1 unspecified atom stereocenters. The Hall–Kier alpha value is -2.73. The Morgan fingerprint density at radius 3 is 2.47 bits per heavy atom. The molecule has 1 N–H and O–H groups in total. The molecule has 3 aliphatic rings. The Morgan fingerprint density at radius 1 is 0.938 bits per heavy atom. The van der Waals surface area contributed by atoms with E-state index < -0.39 is 0 Å². The largest absolute Gasteiger partial charge is 0.454 e. The SMILES string of the molecule is O=C(NCC(c1ccc2c(c1)OCO2)N1CCN(c2ccccc2)CC1)C1CCCCC1. The van der Waals surface area contributed by atoms with Gasteiger partial charge in [0.2, 0.25) is 12.7 Å². The number of fused-ring (bicyclic) bond motifs is 1. The summed E-state index contributed by atoms with van der Waals surface area (Å²) < 4.78 is 11.1. The Bertz CT molecular complexity index is 906. The van der Waals surface area contributed by atoms with Crippen LogP contribution in [0.5, 0.6) is 11.5 Å². The third-order valence-electron chi connectivity index (χ3n) is 7.10. The van der Waals surface area contributed by atoms with Crippen LogP contribution in [0, 0.1) is 5.92 Å². The van der Waals surface area contributed by atoms with Gasteiger partial charge in [-0.05, 0) is 42.7 Å². The Morgan fingerprint density at radius 2 is 1.69 bits per heavy atom. The number of para-hydroxylation sites is 1. The van der Waals surface area contributed by atoms with Crippen LogP contribution in [0.25, 0.3) is 0 Å². The van der Waals surface area contributed by atoms with E-state index in [0.717, 1.165) is 50.5 Å². The predicted molar refractivity (Wildman–Crippen MR) is 125 cm³/mol. The summed E-state index contributed by atoms with van der Waals surface area (Å²) in [4.78, 5) is 17.8. The van der Waals surface area contributed by atoms with Crippen molar-refractivity contribution in [1.82, 2.24) is 10.2 Å². The molecule has 32 heavy (non-hydrogen) atoms. The number of piperazine rings is 1. The molecular formula is C26H33N3O3. The third-order valence-corrected chi connectivity index (χ3v) is 7.10. The summed E-state index contributed by atoms with van der Waals surface area (Å²) in [7, 11) is 0. The molecule has 1 atom stereocenters. The van der Waals surface area contributed by atoms with Crippen LogP contribution in [0.3, 0.4) is 0 Å². The first kappa shape index (κ1) is 21.1. The zero-order chi connectivity index (χ0) is 21.8. The Balaban J connectivity index is 1.29. The summed E-state index contributed by atoms with van der Waals surface area (Å²) >= 11 is 0. The van der Waals surface area contributed by atoms with Crippen molar-refractivity contribution in [2.45, 2.75) is 38.1 Å². The number of ether oxygens (including phenoxy) is 2. The first-order valence-electron chi connectivity index (χ1n) is 12.0. The van der Waals surface area contributed by atoms with Crippen LogP contribution in [0.2, 0.25) is 0 Å². The van der Waals surface area contributed by atoms with Crippen LogP contribution in [-0.2, 0) is 4.79 Å². The predicted octanol–water partition coefficient (Wildman–Crippen LogP) is 3.98. The van der Waals surface area contributed by atoms with E-state index >= 15 is 0 Å². The van der Waals surface area contributed by atoms with Crippen LogP contribution in [0.1, 0.15) is 43.7 Å². The van der Waals surface area contributed by atoms with Gasteiger partial charge in [-0.3, -0.25) is 9.69 Å². The summed E-state index contributed by atoms with van der Waals surface area (Å²) in [5.41, 5.74) is 2.45. The van der Waals surface area contributed by atoms with Gasteiger partial charge in [-0.25, -0.2) is 0 Å². The number of nitrogens with zero attached hydrogens (tertiary/aromatic N) is 2. The van der Waals surface area contributed by atoms with Crippen molar-refractivity contribution >= 4 is 11.6 Å². The second-order valence-electron chi connectivity index (χ2n) is 9.07. The van der Waals surface area contributed by atoms with Gasteiger partial charge in [-0.15, -0.1) is 0 Å². The van der Waals surface area contributed by atoms with Crippen molar-refractivity contribution in [3.05, 3.63) is 54.1 Å². The van der Waals surface area contributed by atoms with Gasteiger partial charge in [0.1, 0.15) is 0 Å². The lowest BCUT2D eigenvalue weighted by Crippen LogP contribution is -2.50. The zero-order valence-corrected chi connectivity index (χ0v) is 18.7. The van der Waals surface area contributed by atoms with Gasteiger partial charge in [0, 0.05) is 44.3 Å². The maximum atomic E-state index is 12.9. The van der Waals surface area contributed by atoms with Gasteiger partial charge in [-0.1, -0.05) is 43.5 Å². The van der Waals surface area contributed by atoms with Gasteiger partial charge in [0.15, 0.2) is 11.5 Å². The van der Waals surface area contributed by atoms with Crippen LogP contribution >= 0.6 is 0 Å². The Labute approximate surface area is 190 Å². The molecule has 1 saturated heterocycles. The molecule has 6 heteroatoms. The second-order valence-corrected chi connectivity index (χ2v) is 9.07. The molecular weight excluding hydrogens is 402 g/mol. The first-order valence-corrected chi connectivity index (χ1v) is 12.0. The highest BCUT2D eigenvalue weighted by atomic mass is 16.7. The molecule has 2 aromatic carbocycles. The highest BCUT2D eigenvalue weighted by Gasteiger charge is 2.28. The van der Waals surface area contributed by atoms with Gasteiger partial charge >= 0.3 is 0 Å². The molecule has 1 aliphatic carbocycles. The normalized spacial score (nSPS) is 20.2. The van der Waals surface area contributed by atoms with Crippen molar-refractivity contribution < 1.29 is 14.3 Å². The standard InChI is InChI=1S/C26H33N3O3/c30-26(20-7-3-1-4-8-20)27-18-23(21-11-12-24-25(17-21)32-19-31-24)29-15-13-28(14-16-29)22-9-5-2-6-10-22/h2,5-6,9-12,17,20,23H,1,3-4,7-8,13-16,18-19H2,(H,27,30). The number of amides is 1. The number of anilines is 1. The van der Waals surface area contributed by atoms with E-state index in [9.17, 15) is 4.79 Å². The van der Waals surface area contributed by atoms with Crippen molar-refractivity contribution in [2.24, 2.45) is 5.92 Å². The van der Waals surface area contributed by atoms with Crippen molar-refractivity contribution in [3.8, 4) is 11.5 Å². The van der Waals surface area contributed by atoms with Crippen LogP contribution in [-0.4, -0.2) is 50.3 Å². The number of hydrogen-bond acceptors (Lipinski definition) is 5. The molecule has 5 rings (SSSR count). The fraction of sp³-hybridized carbons (Fsp3) is 0.500. The molecule has 2 heterocycles. The Kier molecular flexibility index (Phi) is 6.49. The van der Waals surface area contributed by atoms with Gasteiger partial charge in [0.25, 0.3) is 0 Å². The maximum absolute atomic E-state index is 12.9. The minimum atomic E-state index is 0.120. The molecule has 0 radical (unpaired) electrons. The smallest absolute Gasteiger partial charge is 0.231 e. The second kappa shape index (κ2) is 9.82. The topological polar surface area (TPSA) is 54.0 Å². The molecule has 170 valence electrons. The van der Waals surface area contributed by atoms with Crippen molar-refractivity contribution in [1.29, 1.82) is 0 Å². The molecule has 1 amide bonds. The van der Waals surface area contributed by atoms with E-state index in [1.165, 1.54) is 30.5 Å². The number of nitrogens with one attached hydrogen (secondary N) is 1. The van der Waals surface area contributed by atoms with E-state index in [1.54, 1.807) is 0 Å². The average molecular weight is 436 g/mol. The van der Waals surface area contributed by atoms with Crippen molar-refractivity contribution in [2.75, 3.05) is 44.4 Å². The highest BCUT2D eigenvalue weighted by Crippen LogP contribution is 2.36. The molecule has 0 spiro atoms. The number of carbonyl (C=O) groups is 1. The molecule has 2 fully saturated rings. The average Bonchev–Trinajstić information content (AvgIpc) is 3.34.